The summed E-state index contributed by atoms with van der Waals surface area (Å²) in [5, 5.41) is 0. The van der Waals surface area contributed by atoms with E-state index in [0.29, 0.717) is 6.54 Å². The summed E-state index contributed by atoms with van der Waals surface area (Å²) in [6.45, 7) is 6.22. The van der Waals surface area contributed by atoms with Crippen LogP contribution in [0.25, 0.3) is 0 Å². The molecule has 1 heterocycles. The Morgan fingerprint density at radius 1 is 1.41 bits per heavy atom. The predicted octanol–water partition coefficient (Wildman–Crippen LogP) is 3.83. The first-order valence-electron chi connectivity index (χ1n) is 5.60. The largest absolute Gasteiger partial charge is 0.444 e. The summed E-state index contributed by atoms with van der Waals surface area (Å²) in [5.41, 5.74) is 1.84. The second kappa shape index (κ2) is 4.33. The fraction of sp³-hybridized carbons (Fsp3) is 0.462. The van der Waals surface area contributed by atoms with E-state index in [4.69, 9.17) is 4.74 Å². The molecule has 0 saturated heterocycles. The maximum atomic E-state index is 12.0. The normalized spacial score (nSPS) is 19.1. The van der Waals surface area contributed by atoms with E-state index in [0.717, 1.165) is 5.56 Å². The van der Waals surface area contributed by atoms with Crippen molar-refractivity contribution in [2.45, 2.75) is 37.9 Å². The molecule has 4 heteroatoms. The minimum absolute atomic E-state index is 0.0893. The molecule has 1 amide bonds. The van der Waals surface area contributed by atoms with Crippen LogP contribution in [0, 0.1) is 0 Å². The van der Waals surface area contributed by atoms with Crippen LogP contribution in [0.2, 0.25) is 0 Å². The van der Waals surface area contributed by atoms with Crippen molar-refractivity contribution in [3.05, 3.63) is 35.4 Å². The van der Waals surface area contributed by atoms with E-state index in [-0.39, 0.29) is 11.0 Å². The molecule has 92 valence electrons. The second-order valence-electron chi connectivity index (χ2n) is 5.14. The van der Waals surface area contributed by atoms with Gasteiger partial charge in [0.05, 0.1) is 6.54 Å². The van der Waals surface area contributed by atoms with Gasteiger partial charge in [-0.1, -0.05) is 40.2 Å². The van der Waals surface area contributed by atoms with E-state index in [9.17, 15) is 4.79 Å². The van der Waals surface area contributed by atoms with Gasteiger partial charge in [0.15, 0.2) is 0 Å². The zero-order valence-electron chi connectivity index (χ0n) is 10.2. The first kappa shape index (κ1) is 12.4. The average molecular weight is 298 g/mol. The number of hydrogen-bond donors (Lipinski definition) is 0. The highest BCUT2D eigenvalue weighted by molar-refractivity contribution is 9.09. The van der Waals surface area contributed by atoms with Crippen molar-refractivity contribution >= 4 is 22.0 Å². The van der Waals surface area contributed by atoms with Crippen LogP contribution in [0.4, 0.5) is 4.79 Å². The minimum Gasteiger partial charge on any atom is -0.444 e. The Morgan fingerprint density at radius 3 is 2.65 bits per heavy atom. The van der Waals surface area contributed by atoms with Crippen LogP contribution in [0.1, 0.15) is 36.8 Å². The van der Waals surface area contributed by atoms with E-state index in [1.165, 1.54) is 5.56 Å². The summed E-state index contributed by atoms with van der Waals surface area (Å²) >= 11 is 3.54. The van der Waals surface area contributed by atoms with Gasteiger partial charge in [-0.15, -0.1) is 0 Å². The van der Waals surface area contributed by atoms with Crippen molar-refractivity contribution in [1.82, 2.24) is 4.90 Å². The van der Waals surface area contributed by atoms with Gasteiger partial charge in [0.2, 0.25) is 0 Å². The van der Waals surface area contributed by atoms with Crippen molar-refractivity contribution in [2.75, 3.05) is 0 Å². The summed E-state index contributed by atoms with van der Waals surface area (Å²) < 4.78 is 5.38. The Hall–Kier alpha value is -1.03. The van der Waals surface area contributed by atoms with Gasteiger partial charge >= 0.3 is 6.09 Å². The Balaban J connectivity index is 2.15. The molecule has 1 aliphatic rings. The molecule has 0 N–H and O–H groups in total. The lowest BCUT2D eigenvalue weighted by atomic mass is 10.1. The Morgan fingerprint density at radius 2 is 2.06 bits per heavy atom. The third kappa shape index (κ3) is 2.63. The highest BCUT2D eigenvalue weighted by Gasteiger charge is 2.34. The first-order valence-corrected chi connectivity index (χ1v) is 6.51. The summed E-state index contributed by atoms with van der Waals surface area (Å²) in [4.78, 5) is 13.6. The molecule has 0 aromatic heterocycles. The van der Waals surface area contributed by atoms with Crippen molar-refractivity contribution in [1.29, 1.82) is 0 Å². The molecule has 0 spiro atoms. The zero-order valence-corrected chi connectivity index (χ0v) is 11.8. The van der Waals surface area contributed by atoms with Gasteiger partial charge in [-0.25, -0.2) is 4.79 Å². The molecule has 1 aromatic rings. The van der Waals surface area contributed by atoms with Crippen LogP contribution in [0.3, 0.4) is 0 Å². The number of ether oxygens (including phenoxy) is 1. The fourth-order valence-electron chi connectivity index (χ4n) is 1.82. The zero-order chi connectivity index (χ0) is 12.6. The highest BCUT2D eigenvalue weighted by Crippen LogP contribution is 2.38. The highest BCUT2D eigenvalue weighted by atomic mass is 79.9. The van der Waals surface area contributed by atoms with Crippen LogP contribution < -0.4 is 0 Å². The molecule has 1 aliphatic heterocycles. The third-order valence-corrected chi connectivity index (χ3v) is 3.54. The van der Waals surface area contributed by atoms with Crippen LogP contribution in [-0.2, 0) is 11.3 Å². The number of carbonyl (C=O) groups is 1. The van der Waals surface area contributed by atoms with E-state index in [1.807, 2.05) is 45.0 Å². The van der Waals surface area contributed by atoms with E-state index in [2.05, 4.69) is 15.9 Å². The average Bonchev–Trinajstić information content (AvgIpc) is 2.55. The number of alkyl halides is 1. The summed E-state index contributed by atoms with van der Waals surface area (Å²) in [6, 6.07) is 8.02. The molecule has 3 nitrogen and oxygen atoms in total. The van der Waals surface area contributed by atoms with Gasteiger partial charge in [0.1, 0.15) is 10.6 Å². The predicted molar refractivity (Wildman–Crippen MR) is 69.9 cm³/mol. The lowest BCUT2D eigenvalue weighted by molar-refractivity contribution is 0.0239. The maximum Gasteiger partial charge on any atom is 0.411 e. The van der Waals surface area contributed by atoms with Crippen molar-refractivity contribution < 1.29 is 9.53 Å². The van der Waals surface area contributed by atoms with Crippen LogP contribution >= 0.6 is 15.9 Å². The number of hydrogen-bond acceptors (Lipinski definition) is 2. The monoisotopic (exact) mass is 297 g/mol. The Labute approximate surface area is 110 Å². The Bertz CT molecular complexity index is 439. The van der Waals surface area contributed by atoms with Gasteiger partial charge in [0, 0.05) is 0 Å². The topological polar surface area (TPSA) is 29.5 Å². The maximum absolute atomic E-state index is 12.0. The molecule has 1 atom stereocenters. The van der Waals surface area contributed by atoms with E-state index < -0.39 is 5.60 Å². The molecule has 2 rings (SSSR count). The minimum atomic E-state index is -0.460. The quantitative estimate of drug-likeness (QED) is 0.538. The SMILES string of the molecule is CC(C)(C)OC(=O)N1Cc2ccccc2C1Br. The van der Waals surface area contributed by atoms with Gasteiger partial charge in [0.25, 0.3) is 0 Å². The van der Waals surface area contributed by atoms with E-state index in [1.54, 1.807) is 4.90 Å². The first-order chi connectivity index (χ1) is 7.88. The van der Waals surface area contributed by atoms with Gasteiger partial charge < -0.3 is 4.74 Å². The molecule has 0 radical (unpaired) electrons. The number of amides is 1. The molecular formula is C13H16BrNO2. The number of nitrogens with zero attached hydrogens (tertiary/aromatic N) is 1. The molecule has 0 saturated carbocycles. The molecule has 0 aliphatic carbocycles. The smallest absolute Gasteiger partial charge is 0.411 e. The van der Waals surface area contributed by atoms with Crippen molar-refractivity contribution in [3.8, 4) is 0 Å². The molecule has 1 unspecified atom stereocenters. The lowest BCUT2D eigenvalue weighted by Gasteiger charge is -2.26. The van der Waals surface area contributed by atoms with Gasteiger partial charge in [-0.3, -0.25) is 4.90 Å². The fourth-order valence-corrected chi connectivity index (χ4v) is 2.58. The Kier molecular flexibility index (Phi) is 3.17. The number of carbonyl (C=O) groups excluding carboxylic acids is 1. The molecular weight excluding hydrogens is 282 g/mol. The molecule has 17 heavy (non-hydrogen) atoms. The third-order valence-electron chi connectivity index (χ3n) is 2.55. The molecule has 1 aromatic carbocycles. The van der Waals surface area contributed by atoms with Crippen LogP contribution in [-0.4, -0.2) is 16.6 Å². The lowest BCUT2D eigenvalue weighted by Crippen LogP contribution is -2.34. The molecule has 0 fully saturated rings. The standard InChI is InChI=1S/C13H16BrNO2/c1-13(2,3)17-12(16)15-8-9-6-4-5-7-10(9)11(15)14/h4-7,11H,8H2,1-3H3. The number of fused-ring (bicyclic) bond motifs is 1. The van der Waals surface area contributed by atoms with E-state index >= 15 is 0 Å². The van der Waals surface area contributed by atoms with Gasteiger partial charge in [-0.2, -0.15) is 0 Å². The van der Waals surface area contributed by atoms with Crippen molar-refractivity contribution in [3.63, 3.8) is 0 Å². The molecule has 0 bridgehead atoms. The van der Waals surface area contributed by atoms with Crippen molar-refractivity contribution in [2.24, 2.45) is 0 Å². The number of benzene rings is 1. The summed E-state index contributed by atoms with van der Waals surface area (Å²) in [5.74, 6) is 0. The summed E-state index contributed by atoms with van der Waals surface area (Å²) in [7, 11) is 0. The van der Waals surface area contributed by atoms with Crippen LogP contribution in [0.15, 0.2) is 24.3 Å². The van der Waals surface area contributed by atoms with Gasteiger partial charge in [-0.05, 0) is 31.9 Å². The summed E-state index contributed by atoms with van der Waals surface area (Å²) in [6.07, 6.45) is -0.282. The number of rotatable bonds is 0. The van der Waals surface area contributed by atoms with Crippen LogP contribution in [0.5, 0.6) is 0 Å². The number of halogens is 1. The second-order valence-corrected chi connectivity index (χ2v) is 6.01.